The fraction of sp³-hybridized carbons (Fsp3) is 0.200. The zero-order valence-corrected chi connectivity index (χ0v) is 16.4. The monoisotopic (exact) mass is 395 g/mol. The standard InChI is InChI=1S/C20H21N5O2S/c1-3-25-17(15-10-6-4-7-11-15)23-24-20(25)28-14(2)18(26)22-19(27)21-16-12-8-5-9-13-16/h4-14H,3H2,1-2H3,(H2,21,22,26,27). The number of aromatic nitrogens is 3. The number of hydrogen-bond donors (Lipinski definition) is 2. The third-order valence-corrected chi connectivity index (χ3v) is 5.07. The Balaban J connectivity index is 1.64. The molecule has 0 fully saturated rings. The van der Waals surface area contributed by atoms with Crippen molar-refractivity contribution < 1.29 is 9.59 Å². The van der Waals surface area contributed by atoms with E-state index in [4.69, 9.17) is 0 Å². The van der Waals surface area contributed by atoms with Crippen molar-refractivity contribution >= 4 is 29.4 Å². The second-order valence-corrected chi connectivity index (χ2v) is 7.29. The van der Waals surface area contributed by atoms with E-state index in [-0.39, 0.29) is 0 Å². The number of carbonyl (C=O) groups excluding carboxylic acids is 2. The molecule has 3 amide bonds. The summed E-state index contributed by atoms with van der Waals surface area (Å²) in [6, 6.07) is 18.1. The summed E-state index contributed by atoms with van der Waals surface area (Å²) in [7, 11) is 0. The molecular formula is C20H21N5O2S. The molecule has 144 valence electrons. The van der Waals surface area contributed by atoms with Gasteiger partial charge in [-0.3, -0.25) is 10.1 Å². The Hall–Kier alpha value is -3.13. The fourth-order valence-electron chi connectivity index (χ4n) is 2.57. The highest BCUT2D eigenvalue weighted by molar-refractivity contribution is 8.00. The van der Waals surface area contributed by atoms with E-state index >= 15 is 0 Å². The van der Waals surface area contributed by atoms with E-state index in [1.54, 1.807) is 31.2 Å². The summed E-state index contributed by atoms with van der Waals surface area (Å²) in [5.74, 6) is 0.352. The first-order chi connectivity index (χ1) is 13.6. The zero-order chi connectivity index (χ0) is 19.9. The Morgan fingerprint density at radius 1 is 1.04 bits per heavy atom. The molecule has 8 heteroatoms. The second kappa shape index (κ2) is 9.18. The number of urea groups is 1. The molecule has 7 nitrogen and oxygen atoms in total. The van der Waals surface area contributed by atoms with Crippen LogP contribution in [0.2, 0.25) is 0 Å². The minimum atomic E-state index is -0.564. The molecule has 0 spiro atoms. The molecule has 1 atom stereocenters. The molecule has 0 saturated carbocycles. The van der Waals surface area contributed by atoms with Crippen molar-refractivity contribution in [2.45, 2.75) is 30.8 Å². The maximum absolute atomic E-state index is 12.4. The van der Waals surface area contributed by atoms with Crippen LogP contribution < -0.4 is 10.6 Å². The SMILES string of the molecule is CCn1c(SC(C)C(=O)NC(=O)Nc2ccccc2)nnc1-c1ccccc1. The van der Waals surface area contributed by atoms with Gasteiger partial charge in [-0.15, -0.1) is 10.2 Å². The summed E-state index contributed by atoms with van der Waals surface area (Å²) >= 11 is 1.26. The topological polar surface area (TPSA) is 88.9 Å². The lowest BCUT2D eigenvalue weighted by Gasteiger charge is -2.12. The Morgan fingerprint density at radius 2 is 1.68 bits per heavy atom. The lowest BCUT2D eigenvalue weighted by molar-refractivity contribution is -0.119. The fourth-order valence-corrected chi connectivity index (χ4v) is 3.48. The van der Waals surface area contributed by atoms with E-state index in [1.165, 1.54) is 11.8 Å². The van der Waals surface area contributed by atoms with Crippen LogP contribution in [-0.4, -0.2) is 32.0 Å². The summed E-state index contributed by atoms with van der Waals surface area (Å²) in [5, 5.41) is 13.6. The molecule has 2 N–H and O–H groups in total. The lowest BCUT2D eigenvalue weighted by Crippen LogP contribution is -2.38. The van der Waals surface area contributed by atoms with Gasteiger partial charge in [-0.05, 0) is 26.0 Å². The van der Waals surface area contributed by atoms with Crippen molar-refractivity contribution in [2.24, 2.45) is 0 Å². The van der Waals surface area contributed by atoms with Gasteiger partial charge in [-0.2, -0.15) is 0 Å². The van der Waals surface area contributed by atoms with Gasteiger partial charge in [0, 0.05) is 17.8 Å². The summed E-state index contributed by atoms with van der Waals surface area (Å²) in [4.78, 5) is 24.4. The number of anilines is 1. The number of carbonyl (C=O) groups is 2. The predicted octanol–water partition coefficient (Wildman–Crippen LogP) is 3.79. The van der Waals surface area contributed by atoms with Crippen molar-refractivity contribution in [3.63, 3.8) is 0 Å². The number of nitrogens with one attached hydrogen (secondary N) is 2. The average molecular weight is 395 g/mol. The predicted molar refractivity (Wildman–Crippen MR) is 110 cm³/mol. The summed E-state index contributed by atoms with van der Waals surface area (Å²) < 4.78 is 1.95. The lowest BCUT2D eigenvalue weighted by atomic mass is 10.2. The first kappa shape index (κ1) is 19.6. The first-order valence-electron chi connectivity index (χ1n) is 8.90. The van der Waals surface area contributed by atoms with Crippen LogP contribution in [0.3, 0.4) is 0 Å². The highest BCUT2D eigenvalue weighted by atomic mass is 32.2. The minimum absolute atomic E-state index is 0.398. The molecule has 0 saturated heterocycles. The number of amides is 3. The van der Waals surface area contributed by atoms with Crippen molar-refractivity contribution in [2.75, 3.05) is 5.32 Å². The van der Waals surface area contributed by atoms with Crippen molar-refractivity contribution in [1.29, 1.82) is 0 Å². The number of imide groups is 1. The minimum Gasteiger partial charge on any atom is -0.308 e. The Morgan fingerprint density at radius 3 is 2.32 bits per heavy atom. The van der Waals surface area contributed by atoms with Gasteiger partial charge in [0.2, 0.25) is 5.91 Å². The zero-order valence-electron chi connectivity index (χ0n) is 15.6. The largest absolute Gasteiger partial charge is 0.325 e. The molecule has 2 aromatic carbocycles. The quantitative estimate of drug-likeness (QED) is 0.620. The number of benzene rings is 2. The molecule has 28 heavy (non-hydrogen) atoms. The number of para-hydroxylation sites is 1. The molecule has 1 aromatic heterocycles. The van der Waals surface area contributed by atoms with E-state index in [0.717, 1.165) is 11.4 Å². The normalized spacial score (nSPS) is 11.6. The van der Waals surface area contributed by atoms with Gasteiger partial charge in [0.25, 0.3) is 0 Å². The number of thioether (sulfide) groups is 1. The molecule has 3 rings (SSSR count). The van der Waals surface area contributed by atoms with Crippen LogP contribution in [0, 0.1) is 0 Å². The van der Waals surface area contributed by atoms with Crippen molar-refractivity contribution in [3.8, 4) is 11.4 Å². The number of nitrogens with zero attached hydrogens (tertiary/aromatic N) is 3. The molecular weight excluding hydrogens is 374 g/mol. The Labute approximate surface area is 167 Å². The average Bonchev–Trinajstić information content (AvgIpc) is 3.11. The molecule has 0 bridgehead atoms. The Kier molecular flexibility index (Phi) is 6.44. The van der Waals surface area contributed by atoms with Gasteiger partial charge < -0.3 is 9.88 Å². The highest BCUT2D eigenvalue weighted by Crippen LogP contribution is 2.26. The smallest absolute Gasteiger partial charge is 0.308 e. The van der Waals surface area contributed by atoms with Gasteiger partial charge >= 0.3 is 6.03 Å². The van der Waals surface area contributed by atoms with Gasteiger partial charge in [0.1, 0.15) is 0 Å². The van der Waals surface area contributed by atoms with Gasteiger partial charge in [-0.25, -0.2) is 4.79 Å². The maximum atomic E-state index is 12.4. The van der Waals surface area contributed by atoms with Gasteiger partial charge in [-0.1, -0.05) is 60.3 Å². The Bertz CT molecular complexity index is 944. The third kappa shape index (κ3) is 4.77. The summed E-state index contributed by atoms with van der Waals surface area (Å²) in [5.41, 5.74) is 1.58. The van der Waals surface area contributed by atoms with Crippen LogP contribution in [0.4, 0.5) is 10.5 Å². The van der Waals surface area contributed by atoms with E-state index in [2.05, 4.69) is 20.8 Å². The maximum Gasteiger partial charge on any atom is 0.325 e. The molecule has 1 heterocycles. The van der Waals surface area contributed by atoms with E-state index in [1.807, 2.05) is 47.9 Å². The molecule has 1 unspecified atom stereocenters. The molecule has 0 aliphatic carbocycles. The van der Waals surface area contributed by atoms with Crippen molar-refractivity contribution in [3.05, 3.63) is 60.7 Å². The van der Waals surface area contributed by atoms with Crippen LogP contribution in [0.1, 0.15) is 13.8 Å². The van der Waals surface area contributed by atoms with Crippen LogP contribution >= 0.6 is 11.8 Å². The number of hydrogen-bond acceptors (Lipinski definition) is 5. The summed E-state index contributed by atoms with van der Waals surface area (Å²) in [6.45, 7) is 4.40. The van der Waals surface area contributed by atoms with E-state index in [0.29, 0.717) is 17.4 Å². The molecule has 0 aliphatic rings. The van der Waals surface area contributed by atoms with Gasteiger partial charge in [0.15, 0.2) is 11.0 Å². The van der Waals surface area contributed by atoms with Crippen LogP contribution in [-0.2, 0) is 11.3 Å². The van der Waals surface area contributed by atoms with E-state index < -0.39 is 17.2 Å². The van der Waals surface area contributed by atoms with Crippen LogP contribution in [0.5, 0.6) is 0 Å². The molecule has 0 radical (unpaired) electrons. The van der Waals surface area contributed by atoms with Crippen LogP contribution in [0.25, 0.3) is 11.4 Å². The van der Waals surface area contributed by atoms with Gasteiger partial charge in [0.05, 0.1) is 5.25 Å². The number of rotatable bonds is 6. The highest BCUT2D eigenvalue weighted by Gasteiger charge is 2.21. The second-order valence-electron chi connectivity index (χ2n) is 5.99. The van der Waals surface area contributed by atoms with E-state index in [9.17, 15) is 9.59 Å². The molecule has 3 aromatic rings. The molecule has 0 aliphatic heterocycles. The van der Waals surface area contributed by atoms with Crippen LogP contribution in [0.15, 0.2) is 65.8 Å². The summed E-state index contributed by atoms with van der Waals surface area (Å²) in [6.07, 6.45) is 0. The first-order valence-corrected chi connectivity index (χ1v) is 9.78. The van der Waals surface area contributed by atoms with Crippen molar-refractivity contribution in [1.82, 2.24) is 20.1 Å². The third-order valence-electron chi connectivity index (χ3n) is 3.98.